The second kappa shape index (κ2) is 7.61. The minimum atomic E-state index is -0.441. The second-order valence-electron chi connectivity index (χ2n) is 5.73. The summed E-state index contributed by atoms with van der Waals surface area (Å²) in [4.78, 5) is 17.9. The Kier molecular flexibility index (Phi) is 5.08. The molecule has 4 N–H and O–H groups in total. The highest BCUT2D eigenvalue weighted by molar-refractivity contribution is 5.75. The number of carbonyl (C=O) groups is 1. The Morgan fingerprint density at radius 1 is 1.04 bits per heavy atom. The molecule has 1 aliphatic heterocycles. The number of anilines is 2. The van der Waals surface area contributed by atoms with Crippen molar-refractivity contribution in [3.05, 3.63) is 36.4 Å². The van der Waals surface area contributed by atoms with Crippen LogP contribution in [0.1, 0.15) is 19.3 Å². The number of benzene rings is 1. The van der Waals surface area contributed by atoms with Crippen LogP contribution < -0.4 is 16.2 Å². The van der Waals surface area contributed by atoms with Gasteiger partial charge in [-0.05, 0) is 31.4 Å². The van der Waals surface area contributed by atoms with Crippen molar-refractivity contribution in [2.75, 3.05) is 24.6 Å². The second-order valence-corrected chi connectivity index (χ2v) is 5.73. The fourth-order valence-corrected chi connectivity index (χ4v) is 2.52. The Hall–Kier alpha value is -3.16. The number of ether oxygens (including phenoxy) is 1. The minimum Gasteiger partial charge on any atom is -0.406 e. The summed E-state index contributed by atoms with van der Waals surface area (Å²) in [6.45, 7) is 1.36. The van der Waals surface area contributed by atoms with Crippen molar-refractivity contribution in [2.24, 2.45) is 10.2 Å². The number of aromatic nitrogens is 1. The van der Waals surface area contributed by atoms with Gasteiger partial charge in [0.25, 0.3) is 0 Å². The Morgan fingerprint density at radius 3 is 2.48 bits per heavy atom. The molecule has 2 heterocycles. The molecule has 1 saturated heterocycles. The van der Waals surface area contributed by atoms with Gasteiger partial charge in [-0.15, -0.1) is 5.11 Å². The molecule has 130 valence electrons. The SMILES string of the molecule is Nc1nc(N)c(OC(=O)N2CCCCC2)cc1N=Nc1ccccc1. The van der Waals surface area contributed by atoms with E-state index in [2.05, 4.69) is 15.2 Å². The summed E-state index contributed by atoms with van der Waals surface area (Å²) >= 11 is 0. The number of amides is 1. The van der Waals surface area contributed by atoms with Crippen LogP contribution in [0.3, 0.4) is 0 Å². The van der Waals surface area contributed by atoms with Gasteiger partial charge < -0.3 is 21.1 Å². The van der Waals surface area contributed by atoms with E-state index < -0.39 is 6.09 Å². The molecule has 2 aromatic rings. The molecule has 1 fully saturated rings. The number of likely N-dealkylation sites (tertiary alicyclic amines) is 1. The van der Waals surface area contributed by atoms with Crippen LogP contribution in [-0.4, -0.2) is 29.1 Å². The number of hydrogen-bond donors (Lipinski definition) is 2. The zero-order valence-corrected chi connectivity index (χ0v) is 13.8. The predicted molar refractivity (Wildman–Crippen MR) is 95.1 cm³/mol. The first-order valence-electron chi connectivity index (χ1n) is 8.13. The summed E-state index contributed by atoms with van der Waals surface area (Å²) in [5.41, 5.74) is 12.6. The summed E-state index contributed by atoms with van der Waals surface area (Å²) in [7, 11) is 0. The number of pyridine rings is 1. The third-order valence-electron chi connectivity index (χ3n) is 3.86. The van der Waals surface area contributed by atoms with Crippen LogP contribution in [-0.2, 0) is 0 Å². The van der Waals surface area contributed by atoms with Crippen molar-refractivity contribution in [1.29, 1.82) is 0 Å². The maximum Gasteiger partial charge on any atom is 0.415 e. The Labute approximate surface area is 145 Å². The van der Waals surface area contributed by atoms with Gasteiger partial charge in [0.15, 0.2) is 17.4 Å². The first-order valence-corrected chi connectivity index (χ1v) is 8.13. The number of hydrogen-bond acceptors (Lipinski definition) is 7. The van der Waals surface area contributed by atoms with E-state index in [0.717, 1.165) is 19.3 Å². The smallest absolute Gasteiger partial charge is 0.406 e. The molecule has 1 aromatic heterocycles. The fourth-order valence-electron chi connectivity index (χ4n) is 2.52. The van der Waals surface area contributed by atoms with Crippen LogP contribution in [0.4, 0.5) is 27.8 Å². The number of nitrogens with two attached hydrogens (primary N) is 2. The molecule has 8 heteroatoms. The van der Waals surface area contributed by atoms with Gasteiger partial charge in [-0.3, -0.25) is 0 Å². The monoisotopic (exact) mass is 340 g/mol. The van der Waals surface area contributed by atoms with Gasteiger partial charge in [-0.25, -0.2) is 9.78 Å². The summed E-state index contributed by atoms with van der Waals surface area (Å²) in [6, 6.07) is 10.7. The summed E-state index contributed by atoms with van der Waals surface area (Å²) in [6.07, 6.45) is 2.63. The molecular formula is C17H20N6O2. The lowest BCUT2D eigenvalue weighted by Gasteiger charge is -2.25. The first kappa shape index (κ1) is 16.7. The third-order valence-corrected chi connectivity index (χ3v) is 3.86. The van der Waals surface area contributed by atoms with Crippen LogP contribution in [0.15, 0.2) is 46.6 Å². The summed E-state index contributed by atoms with van der Waals surface area (Å²) < 4.78 is 5.37. The highest BCUT2D eigenvalue weighted by Gasteiger charge is 2.20. The van der Waals surface area contributed by atoms with E-state index in [-0.39, 0.29) is 17.4 Å². The maximum atomic E-state index is 12.2. The van der Waals surface area contributed by atoms with E-state index in [1.807, 2.05) is 30.3 Å². The molecule has 0 unspecified atom stereocenters. The first-order chi connectivity index (χ1) is 12.1. The lowest BCUT2D eigenvalue weighted by Crippen LogP contribution is -2.37. The minimum absolute atomic E-state index is 0.0431. The Morgan fingerprint density at radius 2 is 1.76 bits per heavy atom. The van der Waals surface area contributed by atoms with Crippen LogP contribution in [0.25, 0.3) is 0 Å². The highest BCUT2D eigenvalue weighted by atomic mass is 16.6. The predicted octanol–water partition coefficient (Wildman–Crippen LogP) is 3.65. The van der Waals surface area contributed by atoms with Crippen molar-refractivity contribution >= 4 is 29.1 Å². The van der Waals surface area contributed by atoms with E-state index in [1.165, 1.54) is 6.07 Å². The zero-order chi connectivity index (χ0) is 17.6. The Bertz CT molecular complexity index is 772. The molecule has 0 aliphatic carbocycles. The molecule has 0 radical (unpaired) electrons. The molecule has 1 aromatic carbocycles. The Balaban J connectivity index is 1.78. The van der Waals surface area contributed by atoms with Crippen LogP contribution in [0.5, 0.6) is 5.75 Å². The van der Waals surface area contributed by atoms with E-state index >= 15 is 0 Å². The molecular weight excluding hydrogens is 320 g/mol. The standard InChI is InChI=1S/C17H20N6O2/c18-15-13(22-21-12-7-3-1-4-8-12)11-14(16(19)20-15)25-17(24)23-9-5-2-6-10-23/h1,3-4,7-8,11H,2,5-6,9-10H2,(H4,18,19,20). The average Bonchev–Trinajstić information content (AvgIpc) is 2.64. The molecule has 1 amide bonds. The molecule has 0 atom stereocenters. The number of carbonyl (C=O) groups excluding carboxylic acids is 1. The lowest BCUT2D eigenvalue weighted by molar-refractivity contribution is 0.142. The van der Waals surface area contributed by atoms with Crippen LogP contribution in [0.2, 0.25) is 0 Å². The molecule has 25 heavy (non-hydrogen) atoms. The molecule has 0 saturated carbocycles. The van der Waals surface area contributed by atoms with Gasteiger partial charge in [0, 0.05) is 19.2 Å². The van der Waals surface area contributed by atoms with Gasteiger partial charge in [0.1, 0.15) is 5.69 Å². The lowest BCUT2D eigenvalue weighted by atomic mass is 10.1. The zero-order valence-electron chi connectivity index (χ0n) is 13.8. The van der Waals surface area contributed by atoms with Gasteiger partial charge in [-0.2, -0.15) is 5.11 Å². The van der Waals surface area contributed by atoms with Crippen molar-refractivity contribution in [2.45, 2.75) is 19.3 Å². The van der Waals surface area contributed by atoms with Crippen molar-refractivity contribution in [3.63, 3.8) is 0 Å². The van der Waals surface area contributed by atoms with Gasteiger partial charge in [0.2, 0.25) is 0 Å². The molecule has 8 nitrogen and oxygen atoms in total. The van der Waals surface area contributed by atoms with E-state index in [4.69, 9.17) is 16.2 Å². The largest absolute Gasteiger partial charge is 0.415 e. The van der Waals surface area contributed by atoms with Gasteiger partial charge in [0.05, 0.1) is 5.69 Å². The quantitative estimate of drug-likeness (QED) is 0.827. The number of rotatable bonds is 3. The van der Waals surface area contributed by atoms with Crippen LogP contribution >= 0.6 is 0 Å². The maximum absolute atomic E-state index is 12.2. The van der Waals surface area contributed by atoms with Crippen molar-refractivity contribution < 1.29 is 9.53 Å². The summed E-state index contributed by atoms with van der Waals surface area (Å²) in [5, 5.41) is 8.17. The van der Waals surface area contributed by atoms with Crippen molar-refractivity contribution in [3.8, 4) is 5.75 Å². The topological polar surface area (TPSA) is 119 Å². The fraction of sp³-hybridized carbons (Fsp3) is 0.294. The normalized spacial score (nSPS) is 14.6. The molecule has 3 rings (SSSR count). The van der Waals surface area contributed by atoms with E-state index in [0.29, 0.717) is 24.5 Å². The number of piperidine rings is 1. The highest BCUT2D eigenvalue weighted by Crippen LogP contribution is 2.31. The number of nitrogen functional groups attached to an aromatic ring is 2. The summed E-state index contributed by atoms with van der Waals surface area (Å²) in [5.74, 6) is 0.295. The molecule has 0 spiro atoms. The van der Waals surface area contributed by atoms with Crippen molar-refractivity contribution in [1.82, 2.24) is 9.88 Å². The third kappa shape index (κ3) is 4.23. The van der Waals surface area contributed by atoms with Crippen LogP contribution in [0, 0.1) is 0 Å². The number of azo groups is 1. The van der Waals surface area contributed by atoms with E-state index in [1.54, 1.807) is 4.90 Å². The van der Waals surface area contributed by atoms with Gasteiger partial charge >= 0.3 is 6.09 Å². The van der Waals surface area contributed by atoms with E-state index in [9.17, 15) is 4.79 Å². The molecule has 0 bridgehead atoms. The van der Waals surface area contributed by atoms with Gasteiger partial charge in [-0.1, -0.05) is 18.2 Å². The average molecular weight is 340 g/mol. The molecule has 1 aliphatic rings. The number of nitrogens with zero attached hydrogens (tertiary/aromatic N) is 4.